The molecule has 1 N–H and O–H groups in total. The maximum atomic E-state index is 10.8. The third kappa shape index (κ3) is 7.84. The van der Waals surface area contributed by atoms with Crippen LogP contribution in [0, 0.1) is 5.92 Å². The molecule has 1 unspecified atom stereocenters. The minimum Gasteiger partial charge on any atom is -0.544 e. The summed E-state index contributed by atoms with van der Waals surface area (Å²) in [6.45, 7) is 13.1. The van der Waals surface area contributed by atoms with Crippen LogP contribution in [0.2, 0.25) is 19.6 Å². The fourth-order valence-electron chi connectivity index (χ4n) is 2.74. The van der Waals surface area contributed by atoms with Gasteiger partial charge in [0.2, 0.25) is 8.32 Å². The van der Waals surface area contributed by atoms with E-state index in [1.54, 1.807) is 0 Å². The monoisotopic (exact) mass is 487 g/mol. The van der Waals surface area contributed by atoms with Crippen LogP contribution in [0.4, 0.5) is 0 Å². The maximum absolute atomic E-state index is 10.8. The molecule has 160 valence electrons. The maximum Gasteiger partial charge on any atom is 0.242 e. The highest BCUT2D eigenvalue weighted by molar-refractivity contribution is 9.10. The Morgan fingerprint density at radius 2 is 2.03 bits per heavy atom. The molecule has 0 fully saturated rings. The lowest BCUT2D eigenvalue weighted by Gasteiger charge is -2.24. The van der Waals surface area contributed by atoms with Crippen LogP contribution in [0.5, 0.6) is 5.75 Å². The van der Waals surface area contributed by atoms with Crippen LogP contribution in [0.1, 0.15) is 18.9 Å². The van der Waals surface area contributed by atoms with Gasteiger partial charge in [-0.15, -0.1) is 0 Å². The van der Waals surface area contributed by atoms with Crippen molar-refractivity contribution in [3.05, 3.63) is 82.3 Å². The molecule has 0 radical (unpaired) electrons. The molecule has 0 bridgehead atoms. The summed E-state index contributed by atoms with van der Waals surface area (Å²) in [6.07, 6.45) is 13.2. The molecule has 1 atom stereocenters. The van der Waals surface area contributed by atoms with Crippen molar-refractivity contribution in [2.45, 2.75) is 33.0 Å². The number of hydrogen-bond acceptors (Lipinski definition) is 4. The van der Waals surface area contributed by atoms with Crippen molar-refractivity contribution < 1.29 is 14.0 Å². The second-order valence-electron chi connectivity index (χ2n) is 8.17. The number of nitrogens with one attached hydrogen (secondary N) is 1. The van der Waals surface area contributed by atoms with Gasteiger partial charge >= 0.3 is 0 Å². The second-order valence-corrected chi connectivity index (χ2v) is 13.5. The standard InChI is InChI=1S/C24H30BrNO3Si/c1-18(12-14-27)17-28-24-11-10-21(25)15-20(24)16-22(19(2)29-30(3,4)5)23-9-7-6-8-13-26-23/h6-11,13-16,18,26H,2,12,17H2,1,3-5H3. The Morgan fingerprint density at radius 3 is 2.73 bits per heavy atom. The quantitative estimate of drug-likeness (QED) is 0.180. The van der Waals surface area contributed by atoms with E-state index in [-0.39, 0.29) is 5.92 Å². The fraction of sp³-hybridized carbons (Fsp3) is 0.292. The number of halogens is 1. The van der Waals surface area contributed by atoms with Gasteiger partial charge in [-0.1, -0.05) is 41.6 Å². The molecule has 1 heterocycles. The lowest BCUT2D eigenvalue weighted by atomic mass is 10.0. The number of carbonyl (C=O) groups is 1. The zero-order valence-corrected chi connectivity index (χ0v) is 20.7. The van der Waals surface area contributed by atoms with Crippen molar-refractivity contribution in [2.75, 3.05) is 6.61 Å². The fourth-order valence-corrected chi connectivity index (χ4v) is 3.97. The van der Waals surface area contributed by atoms with Crippen molar-refractivity contribution in [2.24, 2.45) is 5.92 Å². The van der Waals surface area contributed by atoms with Gasteiger partial charge in [-0.3, -0.25) is 0 Å². The molecule has 2 rings (SSSR count). The third-order valence-corrected chi connectivity index (χ3v) is 5.49. The van der Waals surface area contributed by atoms with Gasteiger partial charge in [0.1, 0.15) is 17.8 Å². The average Bonchev–Trinajstić information content (AvgIpc) is 2.93. The molecular weight excluding hydrogens is 458 g/mol. The van der Waals surface area contributed by atoms with Crippen molar-refractivity contribution in [1.82, 2.24) is 5.32 Å². The van der Waals surface area contributed by atoms with Crippen molar-refractivity contribution in [3.8, 4) is 5.75 Å². The van der Waals surface area contributed by atoms with E-state index < -0.39 is 8.32 Å². The minimum atomic E-state index is -1.85. The number of aldehydes is 1. The Balaban J connectivity index is 2.45. The summed E-state index contributed by atoms with van der Waals surface area (Å²) in [5.41, 5.74) is 2.65. The van der Waals surface area contributed by atoms with Gasteiger partial charge in [-0.25, -0.2) is 0 Å². The first kappa shape index (κ1) is 24.0. The molecule has 0 aliphatic carbocycles. The highest BCUT2D eigenvalue weighted by Gasteiger charge is 2.21. The molecule has 1 aromatic carbocycles. The molecular formula is C24H30BrNO3Si. The van der Waals surface area contributed by atoms with E-state index in [1.807, 2.05) is 61.7 Å². The number of ether oxygens (including phenoxy) is 1. The van der Waals surface area contributed by atoms with Crippen LogP contribution in [0.3, 0.4) is 0 Å². The average molecular weight is 488 g/mol. The third-order valence-electron chi connectivity index (χ3n) is 4.13. The zero-order valence-electron chi connectivity index (χ0n) is 18.1. The van der Waals surface area contributed by atoms with Crippen molar-refractivity contribution in [3.63, 3.8) is 0 Å². The Bertz CT molecular complexity index is 894. The van der Waals surface area contributed by atoms with Gasteiger partial charge in [0.15, 0.2) is 0 Å². The van der Waals surface area contributed by atoms with E-state index in [4.69, 9.17) is 9.16 Å². The normalized spacial score (nSPS) is 15.0. The van der Waals surface area contributed by atoms with Gasteiger partial charge in [0.25, 0.3) is 0 Å². The Morgan fingerprint density at radius 1 is 1.27 bits per heavy atom. The number of benzene rings is 1. The SMILES string of the molecule is C=C(O[Si](C)(C)C)C(=Cc1cc(Br)ccc1OCC(C)CC=O)C1=CC=CC=CN1. The Labute approximate surface area is 189 Å². The molecule has 1 aromatic rings. The first-order chi connectivity index (χ1) is 14.2. The largest absolute Gasteiger partial charge is 0.544 e. The van der Waals surface area contributed by atoms with Gasteiger partial charge in [0.05, 0.1) is 6.61 Å². The Hall–Kier alpha value is -2.31. The van der Waals surface area contributed by atoms with E-state index in [0.717, 1.165) is 33.3 Å². The van der Waals surface area contributed by atoms with Gasteiger partial charge in [-0.05, 0) is 62.0 Å². The van der Waals surface area contributed by atoms with Crippen LogP contribution in [0.15, 0.2) is 76.8 Å². The number of allylic oxidation sites excluding steroid dienone is 4. The van der Waals surface area contributed by atoms with E-state index in [1.165, 1.54) is 0 Å². The molecule has 1 aliphatic rings. The van der Waals surface area contributed by atoms with Crippen LogP contribution in [0.25, 0.3) is 6.08 Å². The smallest absolute Gasteiger partial charge is 0.242 e. The van der Waals surface area contributed by atoms with Crippen molar-refractivity contribution in [1.29, 1.82) is 0 Å². The predicted octanol–water partition coefficient (Wildman–Crippen LogP) is 6.36. The van der Waals surface area contributed by atoms with Gasteiger partial charge in [0, 0.05) is 33.9 Å². The first-order valence-electron chi connectivity index (χ1n) is 9.96. The number of carbonyl (C=O) groups excluding carboxylic acids is 1. The summed E-state index contributed by atoms with van der Waals surface area (Å²) >= 11 is 3.56. The summed E-state index contributed by atoms with van der Waals surface area (Å²) in [7, 11) is -1.85. The Kier molecular flexibility index (Phi) is 8.93. The van der Waals surface area contributed by atoms with E-state index in [9.17, 15) is 4.79 Å². The number of rotatable bonds is 10. The van der Waals surface area contributed by atoms with Gasteiger partial charge < -0.3 is 19.3 Å². The van der Waals surface area contributed by atoms with Crippen LogP contribution in [-0.2, 0) is 9.22 Å². The highest BCUT2D eigenvalue weighted by Crippen LogP contribution is 2.31. The predicted molar refractivity (Wildman–Crippen MR) is 131 cm³/mol. The van der Waals surface area contributed by atoms with E-state index in [0.29, 0.717) is 18.8 Å². The summed E-state index contributed by atoms with van der Waals surface area (Å²) in [5, 5.41) is 3.30. The summed E-state index contributed by atoms with van der Waals surface area (Å²) in [4.78, 5) is 10.8. The summed E-state index contributed by atoms with van der Waals surface area (Å²) in [6, 6.07) is 5.88. The molecule has 6 heteroatoms. The molecule has 0 amide bonds. The molecule has 30 heavy (non-hydrogen) atoms. The van der Waals surface area contributed by atoms with Crippen LogP contribution < -0.4 is 10.1 Å². The van der Waals surface area contributed by atoms with E-state index >= 15 is 0 Å². The van der Waals surface area contributed by atoms with Crippen LogP contribution in [-0.4, -0.2) is 21.2 Å². The number of hydrogen-bond donors (Lipinski definition) is 1. The first-order valence-corrected chi connectivity index (χ1v) is 14.2. The molecule has 0 saturated heterocycles. The zero-order chi connectivity index (χ0) is 22.1. The summed E-state index contributed by atoms with van der Waals surface area (Å²) < 4.78 is 13.2. The van der Waals surface area contributed by atoms with Gasteiger partial charge in [-0.2, -0.15) is 0 Å². The minimum absolute atomic E-state index is 0.147. The molecule has 0 aromatic heterocycles. The van der Waals surface area contributed by atoms with Crippen LogP contribution >= 0.6 is 15.9 Å². The lowest BCUT2D eigenvalue weighted by Crippen LogP contribution is -2.26. The second kappa shape index (κ2) is 11.2. The molecule has 4 nitrogen and oxygen atoms in total. The van der Waals surface area contributed by atoms with E-state index in [2.05, 4.69) is 47.5 Å². The molecule has 1 aliphatic heterocycles. The lowest BCUT2D eigenvalue weighted by molar-refractivity contribution is -0.108. The summed E-state index contributed by atoms with van der Waals surface area (Å²) in [5.74, 6) is 1.51. The molecule has 0 saturated carbocycles. The molecule has 0 spiro atoms. The highest BCUT2D eigenvalue weighted by atomic mass is 79.9. The topological polar surface area (TPSA) is 47.6 Å². The van der Waals surface area contributed by atoms with Crippen molar-refractivity contribution >= 4 is 36.6 Å².